The van der Waals surface area contributed by atoms with Crippen molar-refractivity contribution in [2.24, 2.45) is 26.9 Å². The number of hydrogen-bond acceptors (Lipinski definition) is 8. The van der Waals surface area contributed by atoms with Crippen LogP contribution in [0.1, 0.15) is 53.4 Å². The summed E-state index contributed by atoms with van der Waals surface area (Å²) >= 11 is 0. The van der Waals surface area contributed by atoms with Crippen molar-refractivity contribution in [1.29, 1.82) is 0 Å². The minimum absolute atomic E-state index is 0.0579. The Hall–Kier alpha value is -1.87. The lowest BCUT2D eigenvalue weighted by molar-refractivity contribution is -0.167. The van der Waals surface area contributed by atoms with Crippen LogP contribution in [0.3, 0.4) is 0 Å². The molecule has 174 valence electrons. The van der Waals surface area contributed by atoms with Gasteiger partial charge in [0.25, 0.3) is 0 Å². The summed E-state index contributed by atoms with van der Waals surface area (Å²) in [7, 11) is 3.20. The summed E-state index contributed by atoms with van der Waals surface area (Å²) in [6.07, 6.45) is 1.30. The lowest BCUT2D eigenvalue weighted by Gasteiger charge is -2.28. The highest BCUT2D eigenvalue weighted by Crippen LogP contribution is 2.43. The second-order valence-corrected chi connectivity index (χ2v) is 9.35. The molecule has 1 saturated heterocycles. The third kappa shape index (κ3) is 5.31. The number of methoxy groups -OCH3 is 2. The lowest BCUT2D eigenvalue weighted by Crippen LogP contribution is -2.37. The molecule has 7 atom stereocenters. The summed E-state index contributed by atoms with van der Waals surface area (Å²) in [5.41, 5.74) is 9.10. The number of ether oxygens (including phenoxy) is 4. The summed E-state index contributed by atoms with van der Waals surface area (Å²) in [6, 6.07) is -0.697. The monoisotopic (exact) mass is 437 g/mol. The van der Waals surface area contributed by atoms with Gasteiger partial charge in [0.2, 0.25) is 11.8 Å². The maximum Gasteiger partial charge on any atom is 0.209 e. The van der Waals surface area contributed by atoms with Crippen molar-refractivity contribution in [2.75, 3.05) is 14.2 Å². The van der Waals surface area contributed by atoms with Gasteiger partial charge in [-0.2, -0.15) is 0 Å². The molecule has 1 saturated carbocycles. The number of aliphatic imine (C=N–C) groups is 2. The van der Waals surface area contributed by atoms with E-state index in [1.807, 2.05) is 13.8 Å². The Labute approximate surface area is 183 Å². The van der Waals surface area contributed by atoms with Crippen molar-refractivity contribution in [1.82, 2.24) is 0 Å². The number of fused-ring (bicyclic) bond motifs is 1. The molecular formula is C21H35N5O5. The minimum Gasteiger partial charge on any atom is -0.483 e. The van der Waals surface area contributed by atoms with E-state index in [2.05, 4.69) is 23.9 Å². The van der Waals surface area contributed by atoms with Crippen LogP contribution in [-0.4, -0.2) is 73.3 Å². The zero-order valence-electron chi connectivity index (χ0n) is 19.3. The highest BCUT2D eigenvalue weighted by Gasteiger charge is 2.53. The van der Waals surface area contributed by atoms with Gasteiger partial charge in [-0.3, -0.25) is 0 Å². The maximum atomic E-state index is 10.4. The van der Waals surface area contributed by atoms with Gasteiger partial charge in [0, 0.05) is 11.0 Å². The first-order valence-electron chi connectivity index (χ1n) is 11.0. The first-order chi connectivity index (χ1) is 14.7. The summed E-state index contributed by atoms with van der Waals surface area (Å²) in [5.74, 6) is 0.752. The molecule has 0 amide bonds. The van der Waals surface area contributed by atoms with Crippen LogP contribution in [0, 0.1) is 11.8 Å². The van der Waals surface area contributed by atoms with Crippen LogP contribution < -0.4 is 0 Å². The van der Waals surface area contributed by atoms with Gasteiger partial charge in [-0.25, -0.2) is 9.98 Å². The van der Waals surface area contributed by atoms with E-state index in [4.69, 9.17) is 34.5 Å². The quantitative estimate of drug-likeness (QED) is 0.371. The van der Waals surface area contributed by atoms with E-state index in [1.165, 1.54) is 0 Å². The number of aliphatic hydroxyl groups excluding tert-OH is 1. The lowest BCUT2D eigenvalue weighted by atomic mass is 9.92. The van der Waals surface area contributed by atoms with Crippen LogP contribution in [0.4, 0.5) is 0 Å². The van der Waals surface area contributed by atoms with Crippen LogP contribution in [0.25, 0.3) is 10.4 Å². The minimum atomic E-state index is -0.715. The van der Waals surface area contributed by atoms with Gasteiger partial charge in [-0.15, -0.1) is 0 Å². The molecule has 3 aliphatic rings. The number of hydrogen-bond donors (Lipinski definition) is 1. The number of aliphatic hydroxyl groups is 1. The zero-order valence-corrected chi connectivity index (χ0v) is 19.3. The molecule has 2 aliphatic heterocycles. The van der Waals surface area contributed by atoms with Crippen molar-refractivity contribution < 1.29 is 24.1 Å². The normalized spacial score (nSPS) is 35.1. The van der Waals surface area contributed by atoms with E-state index >= 15 is 0 Å². The van der Waals surface area contributed by atoms with Crippen molar-refractivity contribution in [2.45, 2.75) is 95.6 Å². The van der Waals surface area contributed by atoms with Crippen LogP contribution in [0.2, 0.25) is 0 Å². The predicted octanol–water partition coefficient (Wildman–Crippen LogP) is 3.23. The molecule has 1 N–H and O–H groups in total. The highest BCUT2D eigenvalue weighted by molar-refractivity contribution is 5.94. The van der Waals surface area contributed by atoms with Crippen LogP contribution >= 0.6 is 0 Å². The first kappa shape index (κ1) is 23.8. The van der Waals surface area contributed by atoms with Gasteiger partial charge in [0.1, 0.15) is 18.2 Å². The largest absolute Gasteiger partial charge is 0.483 e. The molecule has 0 spiro atoms. The Morgan fingerprint density at radius 3 is 2.48 bits per heavy atom. The SMILES string of the molecule is COC1=N[C@H](C(C)C)C(OC)=N[C@H]1CC[C@@H](C[C@H]1C[C@H](O)[C@@H]2OC(C)(C)O[C@H]12)N=[N+]=[N-]. The Bertz CT molecular complexity index is 748. The van der Waals surface area contributed by atoms with E-state index in [9.17, 15) is 5.11 Å². The molecule has 0 bridgehead atoms. The van der Waals surface area contributed by atoms with E-state index in [0.29, 0.717) is 37.5 Å². The van der Waals surface area contributed by atoms with E-state index < -0.39 is 11.9 Å². The fraction of sp³-hybridized carbons (Fsp3) is 0.905. The standard InChI is InChI=1S/C21H35N5O5/c1-11(2)16-20(29-6)23-14(19(24-16)28-5)8-7-13(25-26-22)9-12-10-15(27)18-17(12)30-21(3,4)31-18/h11-18,27H,7-10H2,1-6H3/t12-,13-,14-,15-,16+,17+,18-/m0/s1. The van der Waals surface area contributed by atoms with Crippen molar-refractivity contribution in [3.8, 4) is 0 Å². The van der Waals surface area contributed by atoms with Crippen LogP contribution in [-0.2, 0) is 18.9 Å². The summed E-state index contributed by atoms with van der Waals surface area (Å²) < 4.78 is 22.9. The topological polar surface area (TPSA) is 131 Å². The molecule has 2 heterocycles. The van der Waals surface area contributed by atoms with Gasteiger partial charge in [-0.1, -0.05) is 19.0 Å². The molecule has 31 heavy (non-hydrogen) atoms. The first-order valence-corrected chi connectivity index (χ1v) is 11.0. The van der Waals surface area contributed by atoms with Crippen molar-refractivity contribution >= 4 is 11.8 Å². The predicted molar refractivity (Wildman–Crippen MR) is 116 cm³/mol. The second-order valence-electron chi connectivity index (χ2n) is 9.35. The van der Waals surface area contributed by atoms with E-state index in [-0.39, 0.29) is 42.2 Å². The zero-order chi connectivity index (χ0) is 22.8. The van der Waals surface area contributed by atoms with E-state index in [0.717, 1.165) is 0 Å². The second kappa shape index (κ2) is 9.73. The highest BCUT2D eigenvalue weighted by atomic mass is 16.8. The number of azide groups is 1. The third-order valence-corrected chi connectivity index (χ3v) is 6.25. The summed E-state index contributed by atoms with van der Waals surface area (Å²) in [5, 5.41) is 14.4. The smallest absolute Gasteiger partial charge is 0.209 e. The average molecular weight is 438 g/mol. The molecule has 0 unspecified atom stereocenters. The average Bonchev–Trinajstić information content (AvgIpc) is 3.19. The van der Waals surface area contributed by atoms with Crippen molar-refractivity contribution in [3.05, 3.63) is 10.4 Å². The Morgan fingerprint density at radius 2 is 1.87 bits per heavy atom. The number of rotatable bonds is 7. The number of nitrogens with zero attached hydrogens (tertiary/aromatic N) is 5. The molecule has 0 aromatic rings. The van der Waals surface area contributed by atoms with Gasteiger partial charge < -0.3 is 24.1 Å². The molecule has 1 aliphatic carbocycles. The molecule has 2 fully saturated rings. The molecule has 0 radical (unpaired) electrons. The Kier molecular flexibility index (Phi) is 7.47. The fourth-order valence-electron chi connectivity index (χ4n) is 4.83. The van der Waals surface area contributed by atoms with Gasteiger partial charge in [-0.05, 0) is 56.9 Å². The maximum absolute atomic E-state index is 10.4. The van der Waals surface area contributed by atoms with Gasteiger partial charge in [0.05, 0.1) is 26.4 Å². The van der Waals surface area contributed by atoms with Crippen LogP contribution in [0.15, 0.2) is 15.1 Å². The van der Waals surface area contributed by atoms with Crippen molar-refractivity contribution in [3.63, 3.8) is 0 Å². The fourth-order valence-corrected chi connectivity index (χ4v) is 4.83. The van der Waals surface area contributed by atoms with E-state index in [1.54, 1.807) is 14.2 Å². The summed E-state index contributed by atoms with van der Waals surface area (Å²) in [4.78, 5) is 12.5. The summed E-state index contributed by atoms with van der Waals surface area (Å²) in [6.45, 7) is 7.83. The molecule has 0 aromatic heterocycles. The molecular weight excluding hydrogens is 402 g/mol. The molecule has 0 aromatic carbocycles. The van der Waals surface area contributed by atoms with Gasteiger partial charge in [0.15, 0.2) is 5.79 Å². The Balaban J connectivity index is 1.66. The Morgan fingerprint density at radius 1 is 1.19 bits per heavy atom. The molecule has 10 heteroatoms. The third-order valence-electron chi connectivity index (χ3n) is 6.25. The van der Waals surface area contributed by atoms with Crippen LogP contribution in [0.5, 0.6) is 0 Å². The van der Waals surface area contributed by atoms with Gasteiger partial charge >= 0.3 is 0 Å². The molecule has 10 nitrogen and oxygen atoms in total. The molecule has 3 rings (SSSR count).